The minimum absolute atomic E-state index is 0.0520. The molecule has 0 fully saturated rings. The van der Waals surface area contributed by atoms with Crippen LogP contribution in [0.5, 0.6) is 0 Å². The molecule has 0 aliphatic heterocycles. The maximum Gasteiger partial charge on any atom is 0.289 e. The first-order valence-electron chi connectivity index (χ1n) is 6.43. The molecule has 0 aliphatic carbocycles. The molecule has 0 aromatic carbocycles. The molecule has 21 heavy (non-hydrogen) atoms. The second-order valence-corrected chi connectivity index (χ2v) is 4.62. The van der Waals surface area contributed by atoms with Gasteiger partial charge < -0.3 is 9.73 Å². The lowest BCUT2D eigenvalue weighted by molar-refractivity contribution is -0.385. The molecule has 1 unspecified atom stereocenters. The van der Waals surface area contributed by atoms with Crippen LogP contribution in [0.2, 0.25) is 0 Å². The predicted octanol–water partition coefficient (Wildman–Crippen LogP) is 2.89. The molecular formula is C14H14N4O3. The van der Waals surface area contributed by atoms with Crippen LogP contribution in [-0.2, 0) is 6.42 Å². The van der Waals surface area contributed by atoms with Gasteiger partial charge in [-0.05, 0) is 25.5 Å². The SMILES string of the molecule is CC(CCc1ccco1)Nc1ncc([N+](=O)[O-])cc1C#N. The van der Waals surface area contributed by atoms with E-state index in [-0.39, 0.29) is 17.3 Å². The molecule has 1 N–H and O–H groups in total. The van der Waals surface area contributed by atoms with Crippen LogP contribution in [0.1, 0.15) is 24.7 Å². The third kappa shape index (κ3) is 3.79. The highest BCUT2D eigenvalue weighted by Crippen LogP contribution is 2.19. The summed E-state index contributed by atoms with van der Waals surface area (Å²) in [4.78, 5) is 14.0. The molecule has 2 heterocycles. The van der Waals surface area contributed by atoms with E-state index in [1.807, 2.05) is 25.1 Å². The van der Waals surface area contributed by atoms with E-state index in [4.69, 9.17) is 9.68 Å². The van der Waals surface area contributed by atoms with E-state index in [1.54, 1.807) is 6.26 Å². The highest BCUT2D eigenvalue weighted by atomic mass is 16.6. The van der Waals surface area contributed by atoms with Crippen molar-refractivity contribution in [2.24, 2.45) is 0 Å². The van der Waals surface area contributed by atoms with Crippen molar-refractivity contribution in [3.8, 4) is 6.07 Å². The van der Waals surface area contributed by atoms with Gasteiger partial charge in [0.2, 0.25) is 0 Å². The molecule has 7 nitrogen and oxygen atoms in total. The number of anilines is 1. The highest BCUT2D eigenvalue weighted by Gasteiger charge is 2.14. The van der Waals surface area contributed by atoms with Crippen LogP contribution in [0.4, 0.5) is 11.5 Å². The summed E-state index contributed by atoms with van der Waals surface area (Å²) in [6, 6.07) is 6.92. The Morgan fingerprint density at radius 1 is 1.62 bits per heavy atom. The molecule has 108 valence electrons. The molecule has 0 spiro atoms. The van der Waals surface area contributed by atoms with Crippen LogP contribution in [0, 0.1) is 21.4 Å². The topological polar surface area (TPSA) is 105 Å². The van der Waals surface area contributed by atoms with Crippen molar-refractivity contribution in [3.63, 3.8) is 0 Å². The fourth-order valence-corrected chi connectivity index (χ4v) is 1.87. The Balaban J connectivity index is 2.01. The molecule has 7 heteroatoms. The second-order valence-electron chi connectivity index (χ2n) is 4.62. The Bertz CT molecular complexity index is 661. The van der Waals surface area contributed by atoms with Crippen LogP contribution < -0.4 is 5.32 Å². The van der Waals surface area contributed by atoms with Gasteiger partial charge in [-0.25, -0.2) is 4.98 Å². The first kappa shape index (κ1) is 14.5. The lowest BCUT2D eigenvalue weighted by Gasteiger charge is -2.14. The van der Waals surface area contributed by atoms with Crippen LogP contribution in [0.15, 0.2) is 35.1 Å². The highest BCUT2D eigenvalue weighted by molar-refractivity contribution is 5.55. The molecule has 2 aromatic heterocycles. The molecule has 1 atom stereocenters. The number of hydrogen-bond acceptors (Lipinski definition) is 6. The predicted molar refractivity (Wildman–Crippen MR) is 75.7 cm³/mol. The lowest BCUT2D eigenvalue weighted by atomic mass is 10.1. The Kier molecular flexibility index (Phi) is 4.51. The number of rotatable bonds is 6. The average Bonchev–Trinajstić information content (AvgIpc) is 2.98. The summed E-state index contributed by atoms with van der Waals surface area (Å²) in [6.45, 7) is 1.95. The Morgan fingerprint density at radius 3 is 3.05 bits per heavy atom. The van der Waals surface area contributed by atoms with E-state index in [0.717, 1.165) is 24.8 Å². The number of nitro groups is 1. The fourth-order valence-electron chi connectivity index (χ4n) is 1.87. The van der Waals surface area contributed by atoms with Crippen molar-refractivity contribution in [1.29, 1.82) is 5.26 Å². The zero-order chi connectivity index (χ0) is 15.2. The van der Waals surface area contributed by atoms with Gasteiger partial charge in [-0.3, -0.25) is 10.1 Å². The van der Waals surface area contributed by atoms with E-state index in [0.29, 0.717) is 5.82 Å². The Morgan fingerprint density at radius 2 is 2.43 bits per heavy atom. The normalized spacial score (nSPS) is 11.6. The molecule has 0 amide bonds. The summed E-state index contributed by atoms with van der Waals surface area (Å²) < 4.78 is 5.25. The monoisotopic (exact) mass is 286 g/mol. The van der Waals surface area contributed by atoms with Gasteiger partial charge in [-0.2, -0.15) is 5.26 Å². The summed E-state index contributed by atoms with van der Waals surface area (Å²) in [7, 11) is 0. The number of nitrogens with zero attached hydrogens (tertiary/aromatic N) is 3. The average molecular weight is 286 g/mol. The van der Waals surface area contributed by atoms with Gasteiger partial charge in [0.1, 0.15) is 29.4 Å². The summed E-state index contributed by atoms with van der Waals surface area (Å²) in [5.41, 5.74) is -0.0330. The molecule has 0 saturated carbocycles. The van der Waals surface area contributed by atoms with Gasteiger partial charge in [0.15, 0.2) is 0 Å². The maximum atomic E-state index is 10.7. The molecular weight excluding hydrogens is 272 g/mol. The van der Waals surface area contributed by atoms with Gasteiger partial charge in [-0.1, -0.05) is 0 Å². The zero-order valence-corrected chi connectivity index (χ0v) is 11.4. The van der Waals surface area contributed by atoms with Gasteiger partial charge in [0, 0.05) is 18.5 Å². The third-order valence-corrected chi connectivity index (χ3v) is 2.99. The van der Waals surface area contributed by atoms with Gasteiger partial charge in [0.25, 0.3) is 5.69 Å². The van der Waals surface area contributed by atoms with Gasteiger partial charge in [0.05, 0.1) is 11.2 Å². The van der Waals surface area contributed by atoms with Crippen molar-refractivity contribution in [1.82, 2.24) is 4.98 Å². The van der Waals surface area contributed by atoms with Crippen LogP contribution in [0.3, 0.4) is 0 Å². The van der Waals surface area contributed by atoms with Crippen molar-refractivity contribution in [3.05, 3.63) is 52.1 Å². The smallest absolute Gasteiger partial charge is 0.289 e. The minimum Gasteiger partial charge on any atom is -0.469 e. The number of nitriles is 1. The van der Waals surface area contributed by atoms with E-state index >= 15 is 0 Å². The quantitative estimate of drug-likeness (QED) is 0.646. The van der Waals surface area contributed by atoms with Crippen molar-refractivity contribution < 1.29 is 9.34 Å². The number of nitrogens with one attached hydrogen (secondary N) is 1. The van der Waals surface area contributed by atoms with Crippen LogP contribution in [-0.4, -0.2) is 15.9 Å². The summed E-state index contributed by atoms with van der Waals surface area (Å²) >= 11 is 0. The maximum absolute atomic E-state index is 10.7. The summed E-state index contributed by atoms with van der Waals surface area (Å²) in [5.74, 6) is 1.25. The van der Waals surface area contributed by atoms with E-state index < -0.39 is 4.92 Å². The summed E-state index contributed by atoms with van der Waals surface area (Å²) in [6.07, 6.45) is 4.31. The number of aryl methyl sites for hydroxylation is 1. The zero-order valence-electron chi connectivity index (χ0n) is 11.4. The molecule has 2 rings (SSSR count). The van der Waals surface area contributed by atoms with Crippen molar-refractivity contribution in [2.75, 3.05) is 5.32 Å². The molecule has 0 radical (unpaired) electrons. The van der Waals surface area contributed by atoms with Crippen LogP contribution >= 0.6 is 0 Å². The number of aromatic nitrogens is 1. The number of hydrogen-bond donors (Lipinski definition) is 1. The van der Waals surface area contributed by atoms with Crippen molar-refractivity contribution in [2.45, 2.75) is 25.8 Å². The Labute approximate surface area is 121 Å². The number of pyridine rings is 1. The summed E-state index contributed by atoms with van der Waals surface area (Å²) in [5, 5.41) is 22.8. The second kappa shape index (κ2) is 6.52. The minimum atomic E-state index is -0.571. The number of furan rings is 1. The van der Waals surface area contributed by atoms with Gasteiger partial charge >= 0.3 is 0 Å². The molecule has 2 aromatic rings. The molecule has 0 saturated heterocycles. The largest absolute Gasteiger partial charge is 0.469 e. The van der Waals surface area contributed by atoms with Gasteiger partial charge in [-0.15, -0.1) is 0 Å². The third-order valence-electron chi connectivity index (χ3n) is 2.99. The first-order chi connectivity index (χ1) is 10.1. The van der Waals surface area contributed by atoms with E-state index in [1.165, 1.54) is 6.07 Å². The van der Waals surface area contributed by atoms with E-state index in [2.05, 4.69) is 10.3 Å². The standard InChI is InChI=1S/C14H14N4O3/c1-10(4-5-13-3-2-6-21-13)17-14-11(8-15)7-12(9-16-14)18(19)20/h2-3,6-7,9-10H,4-5H2,1H3,(H,16,17). The lowest BCUT2D eigenvalue weighted by Crippen LogP contribution is -2.17. The Hall–Kier alpha value is -2.88. The fraction of sp³-hybridized carbons (Fsp3) is 0.286. The van der Waals surface area contributed by atoms with Crippen LogP contribution in [0.25, 0.3) is 0 Å². The molecule has 0 bridgehead atoms. The molecule has 0 aliphatic rings. The van der Waals surface area contributed by atoms with Crippen molar-refractivity contribution >= 4 is 11.5 Å². The first-order valence-corrected chi connectivity index (χ1v) is 6.43. The van der Waals surface area contributed by atoms with E-state index in [9.17, 15) is 10.1 Å².